The van der Waals surface area contributed by atoms with E-state index in [2.05, 4.69) is 22.8 Å². The molecule has 92 valence electrons. The number of carbonyl (C=O) groups is 1. The molecule has 1 aromatic carbocycles. The molecule has 0 spiro atoms. The lowest BCUT2D eigenvalue weighted by Crippen LogP contribution is -2.50. The van der Waals surface area contributed by atoms with E-state index in [-0.39, 0.29) is 6.04 Å². The minimum atomic E-state index is -0.744. The van der Waals surface area contributed by atoms with Crippen LogP contribution >= 0.6 is 0 Å². The molecule has 0 saturated carbocycles. The van der Waals surface area contributed by atoms with E-state index in [0.717, 1.165) is 19.5 Å². The third-order valence-electron chi connectivity index (χ3n) is 3.15. The third-order valence-corrected chi connectivity index (χ3v) is 3.15. The lowest BCUT2D eigenvalue weighted by atomic mass is 10.0. The van der Waals surface area contributed by atoms with Gasteiger partial charge in [-0.3, -0.25) is 4.79 Å². The van der Waals surface area contributed by atoms with Crippen LogP contribution in [0.15, 0.2) is 30.3 Å². The van der Waals surface area contributed by atoms with Gasteiger partial charge in [-0.15, -0.1) is 0 Å². The van der Waals surface area contributed by atoms with Crippen molar-refractivity contribution in [2.75, 3.05) is 6.54 Å². The van der Waals surface area contributed by atoms with Gasteiger partial charge < -0.3 is 15.7 Å². The molecule has 0 amide bonds. The van der Waals surface area contributed by atoms with Crippen molar-refractivity contribution in [1.29, 1.82) is 0 Å². The first-order valence-electron chi connectivity index (χ1n) is 5.99. The van der Waals surface area contributed by atoms with Crippen molar-refractivity contribution >= 4 is 5.97 Å². The molecule has 0 aliphatic carbocycles. The molecule has 1 aliphatic heterocycles. The van der Waals surface area contributed by atoms with E-state index >= 15 is 0 Å². The maximum absolute atomic E-state index is 10.8. The summed E-state index contributed by atoms with van der Waals surface area (Å²) < 4.78 is 0. The van der Waals surface area contributed by atoms with Crippen molar-refractivity contribution in [3.05, 3.63) is 35.9 Å². The highest BCUT2D eigenvalue weighted by molar-refractivity contribution is 5.73. The fourth-order valence-corrected chi connectivity index (χ4v) is 2.10. The molecule has 1 aromatic rings. The predicted octanol–water partition coefficient (Wildman–Crippen LogP) is 0.981. The summed E-state index contributed by atoms with van der Waals surface area (Å²) in [6, 6.07) is 10.2. The van der Waals surface area contributed by atoms with E-state index in [1.807, 2.05) is 18.2 Å². The van der Waals surface area contributed by atoms with E-state index in [1.165, 1.54) is 5.56 Å². The summed E-state index contributed by atoms with van der Waals surface area (Å²) in [5, 5.41) is 15.3. The molecule has 1 saturated heterocycles. The van der Waals surface area contributed by atoms with Gasteiger partial charge in [-0.2, -0.15) is 0 Å². The van der Waals surface area contributed by atoms with E-state index in [9.17, 15) is 4.79 Å². The molecular formula is C13H18N2O2. The number of aliphatic carboxylic acids is 1. The highest BCUT2D eigenvalue weighted by Gasteiger charge is 2.24. The second-order valence-corrected chi connectivity index (χ2v) is 4.44. The third kappa shape index (κ3) is 3.54. The summed E-state index contributed by atoms with van der Waals surface area (Å²) in [4.78, 5) is 10.8. The molecule has 4 heteroatoms. The first kappa shape index (κ1) is 12.1. The minimum Gasteiger partial charge on any atom is -0.480 e. The van der Waals surface area contributed by atoms with Crippen LogP contribution < -0.4 is 10.6 Å². The fraction of sp³-hybridized carbons (Fsp3) is 0.462. The molecule has 1 fully saturated rings. The van der Waals surface area contributed by atoms with Gasteiger partial charge in [-0.25, -0.2) is 0 Å². The molecule has 0 unspecified atom stereocenters. The Morgan fingerprint density at radius 1 is 1.35 bits per heavy atom. The highest BCUT2D eigenvalue weighted by atomic mass is 16.4. The Morgan fingerprint density at radius 2 is 2.12 bits per heavy atom. The van der Waals surface area contributed by atoms with Gasteiger partial charge in [0.25, 0.3) is 0 Å². The van der Waals surface area contributed by atoms with Crippen LogP contribution in [0.25, 0.3) is 0 Å². The molecule has 0 aromatic heterocycles. The number of hydrogen-bond donors (Lipinski definition) is 3. The van der Waals surface area contributed by atoms with E-state index in [1.54, 1.807) is 0 Å². The molecule has 1 aliphatic rings. The molecule has 0 bridgehead atoms. The lowest BCUT2D eigenvalue weighted by Gasteiger charge is -2.28. The zero-order chi connectivity index (χ0) is 12.1. The van der Waals surface area contributed by atoms with Crippen molar-refractivity contribution in [3.63, 3.8) is 0 Å². The zero-order valence-electron chi connectivity index (χ0n) is 9.73. The Morgan fingerprint density at radius 3 is 2.71 bits per heavy atom. The van der Waals surface area contributed by atoms with Gasteiger partial charge >= 0.3 is 5.97 Å². The first-order valence-corrected chi connectivity index (χ1v) is 5.99. The number of carboxylic acid groups (broad SMARTS) is 1. The second kappa shape index (κ2) is 5.80. The Hall–Kier alpha value is -1.39. The first-order chi connectivity index (χ1) is 8.25. The van der Waals surface area contributed by atoms with Crippen LogP contribution in [-0.4, -0.2) is 29.7 Å². The van der Waals surface area contributed by atoms with Crippen molar-refractivity contribution in [1.82, 2.24) is 10.6 Å². The van der Waals surface area contributed by atoms with Crippen molar-refractivity contribution in [2.24, 2.45) is 0 Å². The number of nitrogens with one attached hydrogen (secondary N) is 2. The Bertz CT molecular complexity index is 359. The maximum Gasteiger partial charge on any atom is 0.320 e. The van der Waals surface area contributed by atoms with Crippen molar-refractivity contribution < 1.29 is 9.90 Å². The number of rotatable bonds is 4. The second-order valence-electron chi connectivity index (χ2n) is 4.44. The van der Waals surface area contributed by atoms with Crippen molar-refractivity contribution in [3.8, 4) is 0 Å². The summed E-state index contributed by atoms with van der Waals surface area (Å²) in [6.45, 7) is 1.56. The summed E-state index contributed by atoms with van der Waals surface area (Å²) in [7, 11) is 0. The largest absolute Gasteiger partial charge is 0.480 e. The average Bonchev–Trinajstić information content (AvgIpc) is 2.38. The Kier molecular flexibility index (Phi) is 4.12. The smallest absolute Gasteiger partial charge is 0.320 e. The van der Waals surface area contributed by atoms with Gasteiger partial charge in [0.1, 0.15) is 6.04 Å². The van der Waals surface area contributed by atoms with Crippen molar-refractivity contribution in [2.45, 2.75) is 31.5 Å². The monoisotopic (exact) mass is 234 g/mol. The van der Waals surface area contributed by atoms with Gasteiger partial charge in [0.2, 0.25) is 0 Å². The van der Waals surface area contributed by atoms with Crippen LogP contribution in [0.1, 0.15) is 18.4 Å². The quantitative estimate of drug-likeness (QED) is 0.727. The van der Waals surface area contributed by atoms with Crippen LogP contribution in [0.4, 0.5) is 0 Å². The fourth-order valence-electron chi connectivity index (χ4n) is 2.10. The summed E-state index contributed by atoms with van der Waals surface area (Å²) in [5.41, 5.74) is 1.26. The highest BCUT2D eigenvalue weighted by Crippen LogP contribution is 2.09. The van der Waals surface area contributed by atoms with Gasteiger partial charge in [0, 0.05) is 19.1 Å². The van der Waals surface area contributed by atoms with Gasteiger partial charge in [0.05, 0.1) is 0 Å². The molecule has 3 N–H and O–H groups in total. The van der Waals surface area contributed by atoms with Crippen LogP contribution in [0.3, 0.4) is 0 Å². The number of carboxylic acids is 1. The summed E-state index contributed by atoms with van der Waals surface area (Å²) >= 11 is 0. The molecule has 1 heterocycles. The summed E-state index contributed by atoms with van der Waals surface area (Å²) in [5.74, 6) is -0.744. The Labute approximate surface area is 101 Å². The number of benzene rings is 1. The molecule has 0 radical (unpaired) electrons. The molecule has 17 heavy (non-hydrogen) atoms. The normalized spacial score (nSPS) is 24.5. The minimum absolute atomic E-state index is 0.366. The van der Waals surface area contributed by atoms with Crippen LogP contribution in [-0.2, 0) is 11.3 Å². The van der Waals surface area contributed by atoms with Gasteiger partial charge in [-0.1, -0.05) is 30.3 Å². The maximum atomic E-state index is 10.8. The van der Waals surface area contributed by atoms with E-state index in [0.29, 0.717) is 12.5 Å². The van der Waals surface area contributed by atoms with Gasteiger partial charge in [-0.05, 0) is 18.4 Å². The van der Waals surface area contributed by atoms with E-state index < -0.39 is 5.97 Å². The topological polar surface area (TPSA) is 61.4 Å². The summed E-state index contributed by atoms with van der Waals surface area (Å²) in [6.07, 6.45) is 1.61. The molecular weight excluding hydrogens is 216 g/mol. The lowest BCUT2D eigenvalue weighted by molar-refractivity contribution is -0.140. The molecule has 2 atom stereocenters. The van der Waals surface area contributed by atoms with E-state index in [4.69, 9.17) is 5.11 Å². The average molecular weight is 234 g/mol. The molecule has 4 nitrogen and oxygen atoms in total. The predicted molar refractivity (Wildman–Crippen MR) is 65.7 cm³/mol. The van der Waals surface area contributed by atoms with Crippen LogP contribution in [0, 0.1) is 0 Å². The zero-order valence-corrected chi connectivity index (χ0v) is 9.73. The van der Waals surface area contributed by atoms with Gasteiger partial charge in [0.15, 0.2) is 0 Å². The number of piperidine rings is 1. The standard InChI is InChI=1S/C13H18N2O2/c16-13(17)12-7-6-11(9-15-12)14-8-10-4-2-1-3-5-10/h1-5,11-12,14-15H,6-9H2,(H,16,17)/t11-,12+/m1/s1. The Balaban J connectivity index is 1.74. The molecule has 2 rings (SSSR count). The van der Waals surface area contributed by atoms with Crippen LogP contribution in [0.2, 0.25) is 0 Å². The SMILES string of the molecule is O=C(O)[C@@H]1CC[C@@H](NCc2ccccc2)CN1. The number of hydrogen-bond acceptors (Lipinski definition) is 3. The van der Waals surface area contributed by atoms with Crippen LogP contribution in [0.5, 0.6) is 0 Å².